The minimum Gasteiger partial charge on any atom is -0.411 e. The second-order valence-corrected chi connectivity index (χ2v) is 7.48. The molecule has 1 saturated heterocycles. The third kappa shape index (κ3) is 3.98. The van der Waals surface area contributed by atoms with Gasteiger partial charge in [-0.2, -0.15) is 0 Å². The maximum Gasteiger partial charge on any atom is 0.277 e. The van der Waals surface area contributed by atoms with Crippen LogP contribution in [-0.4, -0.2) is 37.1 Å². The molecule has 3 aromatic rings. The molecular formula is C18H11N5O7S. The number of hydrogen-bond acceptors (Lipinski definition) is 10. The number of aromatic nitrogens is 2. The number of thioether (sulfide) groups is 1. The molecule has 0 spiro atoms. The Balaban J connectivity index is 1.48. The molecule has 4 rings (SSSR count). The van der Waals surface area contributed by atoms with Crippen molar-refractivity contribution in [1.82, 2.24) is 10.2 Å². The van der Waals surface area contributed by atoms with Crippen LogP contribution in [0.1, 0.15) is 6.42 Å². The Bertz CT molecular complexity index is 1190. The van der Waals surface area contributed by atoms with Crippen LogP contribution in [0.3, 0.4) is 0 Å². The molecule has 2 heterocycles. The molecule has 2 aromatic carbocycles. The first kappa shape index (κ1) is 20.2. The molecule has 2 amide bonds. The number of hydrogen-bond donors (Lipinski definition) is 0. The van der Waals surface area contributed by atoms with E-state index in [1.165, 1.54) is 48.5 Å². The van der Waals surface area contributed by atoms with Gasteiger partial charge >= 0.3 is 0 Å². The predicted molar refractivity (Wildman–Crippen MR) is 106 cm³/mol. The van der Waals surface area contributed by atoms with Crippen LogP contribution in [0.2, 0.25) is 0 Å². The zero-order valence-electron chi connectivity index (χ0n) is 15.4. The summed E-state index contributed by atoms with van der Waals surface area (Å²) in [6, 6.07) is 10.6. The summed E-state index contributed by atoms with van der Waals surface area (Å²) in [5.41, 5.74) is 0.463. The second-order valence-electron chi connectivity index (χ2n) is 6.33. The maximum atomic E-state index is 12.7. The predicted octanol–water partition coefficient (Wildman–Crippen LogP) is 2.98. The van der Waals surface area contributed by atoms with E-state index in [0.717, 1.165) is 16.7 Å². The molecule has 13 heteroatoms. The van der Waals surface area contributed by atoms with Crippen molar-refractivity contribution in [1.29, 1.82) is 0 Å². The first-order valence-corrected chi connectivity index (χ1v) is 9.57. The fourth-order valence-corrected chi connectivity index (χ4v) is 3.80. The molecule has 0 radical (unpaired) electrons. The molecule has 0 aliphatic carbocycles. The van der Waals surface area contributed by atoms with Crippen molar-refractivity contribution in [2.45, 2.75) is 16.9 Å². The summed E-state index contributed by atoms with van der Waals surface area (Å²) in [6.07, 6.45) is -0.101. The number of nitrogens with zero attached hydrogens (tertiary/aromatic N) is 5. The molecule has 156 valence electrons. The highest BCUT2D eigenvalue weighted by Gasteiger charge is 2.41. The quantitative estimate of drug-likeness (QED) is 0.315. The van der Waals surface area contributed by atoms with Gasteiger partial charge in [0.25, 0.3) is 16.6 Å². The molecule has 1 aliphatic heterocycles. The molecular weight excluding hydrogens is 430 g/mol. The van der Waals surface area contributed by atoms with Crippen LogP contribution in [0.15, 0.2) is 58.2 Å². The van der Waals surface area contributed by atoms with E-state index in [4.69, 9.17) is 4.42 Å². The van der Waals surface area contributed by atoms with E-state index >= 15 is 0 Å². The zero-order chi connectivity index (χ0) is 22.1. The first-order valence-electron chi connectivity index (χ1n) is 8.70. The van der Waals surface area contributed by atoms with Crippen molar-refractivity contribution in [2.75, 3.05) is 4.90 Å². The Morgan fingerprint density at radius 1 is 0.935 bits per heavy atom. The van der Waals surface area contributed by atoms with Crippen LogP contribution in [0.25, 0.3) is 11.5 Å². The molecule has 12 nitrogen and oxygen atoms in total. The van der Waals surface area contributed by atoms with E-state index in [2.05, 4.69) is 10.2 Å². The highest BCUT2D eigenvalue weighted by atomic mass is 32.2. The summed E-state index contributed by atoms with van der Waals surface area (Å²) in [5.74, 6) is -0.841. The number of anilines is 1. The van der Waals surface area contributed by atoms with Gasteiger partial charge < -0.3 is 4.42 Å². The lowest BCUT2D eigenvalue weighted by atomic mass is 10.2. The lowest BCUT2D eigenvalue weighted by Gasteiger charge is -2.14. The molecule has 0 saturated carbocycles. The van der Waals surface area contributed by atoms with Crippen LogP contribution in [0.4, 0.5) is 17.1 Å². The first-order chi connectivity index (χ1) is 14.8. The Labute approximate surface area is 177 Å². The Morgan fingerprint density at radius 3 is 2.10 bits per heavy atom. The van der Waals surface area contributed by atoms with E-state index in [9.17, 15) is 29.8 Å². The summed E-state index contributed by atoms with van der Waals surface area (Å²) in [4.78, 5) is 46.4. The second kappa shape index (κ2) is 7.95. The van der Waals surface area contributed by atoms with Crippen molar-refractivity contribution in [3.8, 4) is 11.5 Å². The highest BCUT2D eigenvalue weighted by Crippen LogP contribution is 2.35. The average molecular weight is 441 g/mol. The number of carbonyl (C=O) groups is 2. The number of carbonyl (C=O) groups excluding carboxylic acids is 2. The van der Waals surface area contributed by atoms with E-state index in [0.29, 0.717) is 5.56 Å². The maximum absolute atomic E-state index is 12.7. The molecule has 1 fully saturated rings. The van der Waals surface area contributed by atoms with E-state index in [1.807, 2.05) is 0 Å². The largest absolute Gasteiger partial charge is 0.411 e. The lowest BCUT2D eigenvalue weighted by Crippen LogP contribution is -2.31. The fraction of sp³-hybridized carbons (Fsp3) is 0.111. The van der Waals surface area contributed by atoms with E-state index in [-0.39, 0.29) is 34.6 Å². The van der Waals surface area contributed by atoms with Crippen LogP contribution < -0.4 is 4.90 Å². The minimum absolute atomic E-state index is 0.0602. The van der Waals surface area contributed by atoms with Gasteiger partial charge in [-0.25, -0.2) is 4.90 Å². The lowest BCUT2D eigenvalue weighted by molar-refractivity contribution is -0.385. The number of rotatable bonds is 6. The SMILES string of the molecule is O=C1CC(Sc2nnc(-c3ccc([N+](=O)[O-])cc3)o2)C(=O)N1c1ccc([N+](=O)[O-])cc1. The zero-order valence-corrected chi connectivity index (χ0v) is 16.2. The number of nitro benzene ring substituents is 2. The molecule has 1 aromatic heterocycles. The van der Waals surface area contributed by atoms with Crippen LogP contribution in [-0.2, 0) is 9.59 Å². The summed E-state index contributed by atoms with van der Waals surface area (Å²) < 4.78 is 5.51. The van der Waals surface area contributed by atoms with Gasteiger partial charge in [-0.1, -0.05) is 11.8 Å². The summed E-state index contributed by atoms with van der Waals surface area (Å²) in [6.45, 7) is 0. The van der Waals surface area contributed by atoms with E-state index in [1.54, 1.807) is 0 Å². The monoisotopic (exact) mass is 441 g/mol. The molecule has 1 atom stereocenters. The third-order valence-electron chi connectivity index (χ3n) is 4.40. The number of benzene rings is 2. The standard InChI is InChI=1S/C18H11N5O7S/c24-15-9-14(17(25)21(15)11-5-7-13(8-6-11)23(28)29)31-18-20-19-16(30-18)10-1-3-12(4-2-10)22(26)27/h1-8,14H,9H2. The number of non-ortho nitro benzene ring substituents is 2. The number of imide groups is 1. The van der Waals surface area contributed by atoms with Crippen molar-refractivity contribution < 1.29 is 23.9 Å². The van der Waals surface area contributed by atoms with Gasteiger partial charge in [0.15, 0.2) is 0 Å². The van der Waals surface area contributed by atoms with Gasteiger partial charge in [-0.05, 0) is 24.3 Å². The van der Waals surface area contributed by atoms with Gasteiger partial charge in [-0.3, -0.25) is 29.8 Å². The Morgan fingerprint density at radius 2 is 1.52 bits per heavy atom. The normalized spacial score (nSPS) is 16.0. The Hall–Kier alpha value is -4.13. The van der Waals surface area contributed by atoms with Crippen molar-refractivity contribution in [3.05, 3.63) is 68.8 Å². The van der Waals surface area contributed by atoms with Crippen LogP contribution >= 0.6 is 11.8 Å². The van der Waals surface area contributed by atoms with Crippen molar-refractivity contribution >= 4 is 40.6 Å². The smallest absolute Gasteiger partial charge is 0.277 e. The van der Waals surface area contributed by atoms with Gasteiger partial charge in [0.2, 0.25) is 17.7 Å². The number of nitro groups is 2. The molecule has 0 bridgehead atoms. The van der Waals surface area contributed by atoms with Crippen LogP contribution in [0, 0.1) is 20.2 Å². The highest BCUT2D eigenvalue weighted by molar-refractivity contribution is 8.00. The van der Waals surface area contributed by atoms with E-state index < -0.39 is 26.9 Å². The topological polar surface area (TPSA) is 163 Å². The molecule has 1 aliphatic rings. The summed E-state index contributed by atoms with van der Waals surface area (Å²) >= 11 is 0.924. The van der Waals surface area contributed by atoms with Crippen molar-refractivity contribution in [3.63, 3.8) is 0 Å². The van der Waals surface area contributed by atoms with Crippen molar-refractivity contribution in [2.24, 2.45) is 0 Å². The van der Waals surface area contributed by atoms with Crippen LogP contribution in [0.5, 0.6) is 0 Å². The van der Waals surface area contributed by atoms with Gasteiger partial charge in [0, 0.05) is 36.2 Å². The molecule has 0 N–H and O–H groups in total. The Kier molecular flexibility index (Phi) is 5.17. The summed E-state index contributed by atoms with van der Waals surface area (Å²) in [5, 5.41) is 28.5. The summed E-state index contributed by atoms with van der Waals surface area (Å²) in [7, 11) is 0. The number of amides is 2. The van der Waals surface area contributed by atoms with Gasteiger partial charge in [0.05, 0.1) is 15.5 Å². The minimum atomic E-state index is -0.798. The third-order valence-corrected chi connectivity index (χ3v) is 5.42. The fourth-order valence-electron chi connectivity index (χ4n) is 2.91. The average Bonchev–Trinajstić information content (AvgIpc) is 3.32. The van der Waals surface area contributed by atoms with Gasteiger partial charge in [0.1, 0.15) is 5.25 Å². The molecule has 1 unspecified atom stereocenters. The van der Waals surface area contributed by atoms with Gasteiger partial charge in [-0.15, -0.1) is 10.2 Å². The molecule has 31 heavy (non-hydrogen) atoms.